The molecule has 0 fully saturated rings. The van der Waals surface area contributed by atoms with Gasteiger partial charge in [0, 0.05) is 20.3 Å². The van der Waals surface area contributed by atoms with E-state index in [1.54, 1.807) is 35.6 Å². The Morgan fingerprint density at radius 3 is 2.53 bits per heavy atom. The van der Waals surface area contributed by atoms with Crippen molar-refractivity contribution in [3.63, 3.8) is 0 Å². The molecule has 0 spiro atoms. The molecule has 1 nitrogen and oxygen atoms in total. The standard InChI is InChI=1S/C15H12Cl2OS/c1-9-7-11(10(2)19-9)3-6-15(18)13-5-4-12(16)8-14(13)17/h3-8H,1-2H3/b6-3+. The van der Waals surface area contributed by atoms with Crippen molar-refractivity contribution in [2.45, 2.75) is 13.8 Å². The van der Waals surface area contributed by atoms with Gasteiger partial charge in [0.2, 0.25) is 0 Å². The van der Waals surface area contributed by atoms with Gasteiger partial charge in [-0.3, -0.25) is 4.79 Å². The normalized spacial score (nSPS) is 11.2. The van der Waals surface area contributed by atoms with Crippen LogP contribution < -0.4 is 0 Å². The van der Waals surface area contributed by atoms with Gasteiger partial charge in [0.1, 0.15) is 0 Å². The van der Waals surface area contributed by atoms with Crippen molar-refractivity contribution in [2.24, 2.45) is 0 Å². The average Bonchev–Trinajstić information content (AvgIpc) is 2.65. The maximum atomic E-state index is 12.1. The summed E-state index contributed by atoms with van der Waals surface area (Å²) in [5, 5.41) is 0.898. The van der Waals surface area contributed by atoms with Crippen LogP contribution in [0.4, 0.5) is 0 Å². The molecule has 4 heteroatoms. The zero-order valence-electron chi connectivity index (χ0n) is 10.5. The molecule has 98 valence electrons. The van der Waals surface area contributed by atoms with Crippen molar-refractivity contribution in [3.8, 4) is 0 Å². The summed E-state index contributed by atoms with van der Waals surface area (Å²) >= 11 is 13.5. The summed E-state index contributed by atoms with van der Waals surface area (Å²) in [6.45, 7) is 4.09. The smallest absolute Gasteiger partial charge is 0.187 e. The first-order valence-corrected chi connectivity index (χ1v) is 7.29. The van der Waals surface area contributed by atoms with Gasteiger partial charge in [0.15, 0.2) is 5.78 Å². The number of benzene rings is 1. The van der Waals surface area contributed by atoms with Crippen LogP contribution in [0.15, 0.2) is 30.3 Å². The van der Waals surface area contributed by atoms with Gasteiger partial charge in [-0.2, -0.15) is 0 Å². The lowest BCUT2D eigenvalue weighted by atomic mass is 10.1. The minimum absolute atomic E-state index is 0.120. The summed E-state index contributed by atoms with van der Waals surface area (Å²) < 4.78 is 0. The molecule has 1 aromatic carbocycles. The predicted octanol–water partition coefficient (Wildman–Crippen LogP) is 5.57. The fraction of sp³-hybridized carbons (Fsp3) is 0.133. The number of thiophene rings is 1. The number of hydrogen-bond donors (Lipinski definition) is 0. The van der Waals surface area contributed by atoms with Gasteiger partial charge in [0.05, 0.1) is 5.02 Å². The Hall–Kier alpha value is -1.09. The quantitative estimate of drug-likeness (QED) is 0.535. The number of carbonyl (C=O) groups is 1. The summed E-state index contributed by atoms with van der Waals surface area (Å²) in [5.74, 6) is -0.120. The van der Waals surface area contributed by atoms with E-state index in [1.807, 2.05) is 19.9 Å². The average molecular weight is 311 g/mol. The van der Waals surface area contributed by atoms with E-state index in [0.717, 1.165) is 5.56 Å². The largest absolute Gasteiger partial charge is 0.289 e. The summed E-state index contributed by atoms with van der Waals surface area (Å²) in [6.07, 6.45) is 3.37. The van der Waals surface area contributed by atoms with Crippen molar-refractivity contribution in [1.82, 2.24) is 0 Å². The summed E-state index contributed by atoms with van der Waals surface area (Å²) in [4.78, 5) is 14.5. The number of rotatable bonds is 3. The molecule has 0 radical (unpaired) electrons. The van der Waals surface area contributed by atoms with Gasteiger partial charge >= 0.3 is 0 Å². The van der Waals surface area contributed by atoms with Gasteiger partial charge in [-0.05, 0) is 55.8 Å². The second kappa shape index (κ2) is 5.91. The maximum Gasteiger partial charge on any atom is 0.187 e. The fourth-order valence-electron chi connectivity index (χ4n) is 1.76. The second-order valence-electron chi connectivity index (χ2n) is 4.19. The van der Waals surface area contributed by atoms with Crippen LogP contribution in [0, 0.1) is 13.8 Å². The Labute approximate surface area is 126 Å². The van der Waals surface area contributed by atoms with Crippen LogP contribution >= 0.6 is 34.5 Å². The minimum Gasteiger partial charge on any atom is -0.289 e. The highest BCUT2D eigenvalue weighted by Crippen LogP contribution is 2.24. The van der Waals surface area contributed by atoms with Crippen molar-refractivity contribution >= 4 is 46.4 Å². The van der Waals surface area contributed by atoms with E-state index in [2.05, 4.69) is 6.07 Å². The SMILES string of the molecule is Cc1cc(/C=C/C(=O)c2ccc(Cl)cc2Cl)c(C)s1. The Morgan fingerprint density at radius 1 is 1.21 bits per heavy atom. The summed E-state index contributed by atoms with van der Waals surface area (Å²) in [6, 6.07) is 6.94. The van der Waals surface area contributed by atoms with E-state index in [-0.39, 0.29) is 5.78 Å². The maximum absolute atomic E-state index is 12.1. The van der Waals surface area contributed by atoms with Gasteiger partial charge < -0.3 is 0 Å². The lowest BCUT2D eigenvalue weighted by Gasteiger charge is -2.00. The lowest BCUT2D eigenvalue weighted by Crippen LogP contribution is -1.95. The van der Waals surface area contributed by atoms with Gasteiger partial charge in [-0.1, -0.05) is 23.2 Å². The third-order valence-corrected chi connectivity index (χ3v) is 4.22. The zero-order chi connectivity index (χ0) is 14.0. The van der Waals surface area contributed by atoms with Crippen LogP contribution in [-0.4, -0.2) is 5.78 Å². The van der Waals surface area contributed by atoms with Crippen molar-refractivity contribution in [2.75, 3.05) is 0 Å². The third-order valence-electron chi connectivity index (χ3n) is 2.69. The number of hydrogen-bond acceptors (Lipinski definition) is 2. The molecule has 0 bridgehead atoms. The predicted molar refractivity (Wildman–Crippen MR) is 83.6 cm³/mol. The molecular weight excluding hydrogens is 299 g/mol. The van der Waals surface area contributed by atoms with Crippen LogP contribution in [-0.2, 0) is 0 Å². The van der Waals surface area contributed by atoms with Gasteiger partial charge in [-0.25, -0.2) is 0 Å². The molecule has 0 saturated heterocycles. The van der Waals surface area contributed by atoms with E-state index in [4.69, 9.17) is 23.2 Å². The highest BCUT2D eigenvalue weighted by atomic mass is 35.5. The highest BCUT2D eigenvalue weighted by molar-refractivity contribution is 7.12. The molecular formula is C15H12Cl2OS. The monoisotopic (exact) mass is 310 g/mol. The molecule has 0 unspecified atom stereocenters. The lowest BCUT2D eigenvalue weighted by molar-refractivity contribution is 0.104. The van der Waals surface area contributed by atoms with Gasteiger partial charge in [-0.15, -0.1) is 11.3 Å². The first-order valence-electron chi connectivity index (χ1n) is 5.72. The number of carbonyl (C=O) groups excluding carboxylic acids is 1. The third kappa shape index (κ3) is 3.47. The molecule has 19 heavy (non-hydrogen) atoms. The second-order valence-corrected chi connectivity index (χ2v) is 6.49. The molecule has 0 aliphatic carbocycles. The number of aryl methyl sites for hydroxylation is 2. The van der Waals surface area contributed by atoms with Crippen LogP contribution in [0.5, 0.6) is 0 Å². The Morgan fingerprint density at radius 2 is 1.95 bits per heavy atom. The zero-order valence-corrected chi connectivity index (χ0v) is 12.9. The molecule has 0 amide bonds. The molecule has 0 saturated carbocycles. The molecule has 0 aliphatic heterocycles. The van der Waals surface area contributed by atoms with Crippen LogP contribution in [0.2, 0.25) is 10.0 Å². The summed E-state index contributed by atoms with van der Waals surface area (Å²) in [7, 11) is 0. The molecule has 0 N–H and O–H groups in total. The Kier molecular flexibility index (Phi) is 4.46. The topological polar surface area (TPSA) is 17.1 Å². The fourth-order valence-corrected chi connectivity index (χ4v) is 3.18. The molecule has 0 atom stereocenters. The number of allylic oxidation sites excluding steroid dienone is 1. The van der Waals surface area contributed by atoms with E-state index < -0.39 is 0 Å². The molecule has 1 aromatic heterocycles. The van der Waals surface area contributed by atoms with E-state index in [9.17, 15) is 4.79 Å². The summed E-state index contributed by atoms with van der Waals surface area (Å²) in [5.41, 5.74) is 1.54. The minimum atomic E-state index is -0.120. The van der Waals surface area contributed by atoms with E-state index in [1.165, 1.54) is 9.75 Å². The van der Waals surface area contributed by atoms with E-state index >= 15 is 0 Å². The number of halogens is 2. The van der Waals surface area contributed by atoms with Crippen molar-refractivity contribution in [3.05, 3.63) is 61.3 Å². The van der Waals surface area contributed by atoms with E-state index in [0.29, 0.717) is 15.6 Å². The molecule has 2 rings (SSSR count). The van der Waals surface area contributed by atoms with Crippen LogP contribution in [0.3, 0.4) is 0 Å². The van der Waals surface area contributed by atoms with Crippen molar-refractivity contribution < 1.29 is 4.79 Å². The molecule has 0 aliphatic rings. The Bertz CT molecular complexity index is 656. The van der Waals surface area contributed by atoms with Crippen LogP contribution in [0.1, 0.15) is 25.7 Å². The molecule has 1 heterocycles. The first kappa shape index (κ1) is 14.3. The van der Waals surface area contributed by atoms with Crippen LogP contribution in [0.25, 0.3) is 6.08 Å². The first-order chi connectivity index (χ1) is 8.97. The van der Waals surface area contributed by atoms with Gasteiger partial charge in [0.25, 0.3) is 0 Å². The highest BCUT2D eigenvalue weighted by Gasteiger charge is 2.08. The molecule has 2 aromatic rings. The van der Waals surface area contributed by atoms with Crippen molar-refractivity contribution in [1.29, 1.82) is 0 Å². The Balaban J connectivity index is 2.23. The number of ketones is 1.